The molecule has 5 fully saturated rings. The van der Waals surface area contributed by atoms with E-state index in [-0.39, 0.29) is 17.9 Å². The van der Waals surface area contributed by atoms with Crippen molar-refractivity contribution in [2.75, 3.05) is 13.2 Å². The van der Waals surface area contributed by atoms with Gasteiger partial charge in [-0.05, 0) is 74.5 Å². The zero-order valence-electron chi connectivity index (χ0n) is 27.7. The van der Waals surface area contributed by atoms with Crippen LogP contribution in [0.25, 0.3) is 0 Å². The average molecular weight is 638 g/mol. The lowest BCUT2D eigenvalue weighted by molar-refractivity contribution is -0.302. The Bertz CT molecular complexity index is 861. The van der Waals surface area contributed by atoms with Gasteiger partial charge < -0.3 is 40.3 Å². The molecule has 1 amide bonds. The zero-order valence-corrected chi connectivity index (χ0v) is 27.7. The van der Waals surface area contributed by atoms with Gasteiger partial charge >= 0.3 is 0 Å². The van der Waals surface area contributed by atoms with E-state index in [1.54, 1.807) is 6.08 Å². The summed E-state index contributed by atoms with van der Waals surface area (Å²) in [7, 11) is 0. The number of allylic oxidation sites excluding steroid dienone is 1. The van der Waals surface area contributed by atoms with E-state index in [9.17, 15) is 30.3 Å². The van der Waals surface area contributed by atoms with Crippen molar-refractivity contribution in [1.29, 1.82) is 0 Å². The first-order valence-electron chi connectivity index (χ1n) is 18.3. The average Bonchev–Trinajstić information content (AvgIpc) is 3.00. The van der Waals surface area contributed by atoms with Crippen LogP contribution in [0.5, 0.6) is 0 Å². The van der Waals surface area contributed by atoms with Crippen LogP contribution in [-0.2, 0) is 14.3 Å². The van der Waals surface area contributed by atoms with Gasteiger partial charge in [0.15, 0.2) is 6.29 Å². The maximum atomic E-state index is 13.5. The second-order valence-electron chi connectivity index (χ2n) is 15.0. The number of ether oxygens (including phenoxy) is 2. The molecule has 0 aromatic heterocycles. The number of hydrogen-bond donors (Lipinski definition) is 6. The molecule has 6 N–H and O–H groups in total. The standard InChI is InChI=1S/C36H63NO8/c1-2-3-4-5-6-7-8-9-10-11-12-13-14-15-29(39)28(24-44-35-34(43)33(42)32(41)30(23-38)45-35)37-31(40)22-36-19-25-16-26(20-36)18-27(17-25)21-36/h14-15,25-30,32-35,38-39,41-43H,2-13,16-24H2,1H3,(H,37,40)/b15-14+/t25?,26?,27?,28-,29+,30?,32+,33?,34+,35-,36?/m1/s1. The van der Waals surface area contributed by atoms with Crippen molar-refractivity contribution in [3.05, 3.63) is 12.2 Å². The van der Waals surface area contributed by atoms with Gasteiger partial charge in [0.25, 0.3) is 0 Å². The summed E-state index contributed by atoms with van der Waals surface area (Å²) in [6, 6.07) is -0.785. The second-order valence-corrected chi connectivity index (χ2v) is 15.0. The van der Waals surface area contributed by atoms with Crippen molar-refractivity contribution in [1.82, 2.24) is 5.32 Å². The van der Waals surface area contributed by atoms with Gasteiger partial charge in [0.05, 0.1) is 25.4 Å². The van der Waals surface area contributed by atoms with E-state index in [0.717, 1.165) is 56.3 Å². The number of aliphatic hydroxyl groups excluding tert-OH is 5. The van der Waals surface area contributed by atoms with E-state index in [1.807, 2.05) is 6.08 Å². The SMILES string of the molecule is CCCCCCCCCCCCC/C=C/[C@H](O)[C@@H](CO[C@@H]1OC(CO)[C@H](O)C(O)[C@@H]1O)NC(=O)CC12CC3CC(CC(C3)C1)C2. The zero-order chi connectivity index (χ0) is 32.2. The van der Waals surface area contributed by atoms with Gasteiger partial charge in [0, 0.05) is 6.42 Å². The fraction of sp³-hybridized carbons (Fsp3) is 0.917. The highest BCUT2D eigenvalue weighted by molar-refractivity contribution is 5.77. The number of carbonyl (C=O) groups excluding carboxylic acids is 1. The van der Waals surface area contributed by atoms with Gasteiger partial charge in [0.2, 0.25) is 5.91 Å². The van der Waals surface area contributed by atoms with Crippen molar-refractivity contribution in [2.24, 2.45) is 23.2 Å². The topological polar surface area (TPSA) is 149 Å². The molecule has 5 aliphatic rings. The largest absolute Gasteiger partial charge is 0.394 e. The molecule has 260 valence electrons. The van der Waals surface area contributed by atoms with Gasteiger partial charge in [-0.3, -0.25) is 4.79 Å². The maximum Gasteiger partial charge on any atom is 0.220 e. The van der Waals surface area contributed by atoms with E-state index >= 15 is 0 Å². The molecule has 5 rings (SSSR count). The number of aliphatic hydroxyl groups is 5. The lowest BCUT2D eigenvalue weighted by Gasteiger charge is -2.56. The van der Waals surface area contributed by atoms with Crippen LogP contribution in [0.4, 0.5) is 0 Å². The molecule has 0 radical (unpaired) electrons. The molecule has 1 heterocycles. The molecular formula is C36H63NO8. The Morgan fingerprint density at radius 1 is 0.867 bits per heavy atom. The highest BCUT2D eigenvalue weighted by Crippen LogP contribution is 2.61. The Morgan fingerprint density at radius 2 is 1.42 bits per heavy atom. The quantitative estimate of drug-likeness (QED) is 0.0796. The number of carbonyl (C=O) groups is 1. The summed E-state index contributed by atoms with van der Waals surface area (Å²) in [6.07, 6.45) is 18.2. The van der Waals surface area contributed by atoms with Crippen molar-refractivity contribution in [2.45, 2.75) is 172 Å². The van der Waals surface area contributed by atoms with Crippen molar-refractivity contribution in [3.63, 3.8) is 0 Å². The first-order valence-corrected chi connectivity index (χ1v) is 18.3. The number of unbranched alkanes of at least 4 members (excludes halogenated alkanes) is 11. The van der Waals surface area contributed by atoms with Gasteiger partial charge in [-0.25, -0.2) is 0 Å². The summed E-state index contributed by atoms with van der Waals surface area (Å²) in [6.45, 7) is 1.53. The van der Waals surface area contributed by atoms with Crippen LogP contribution in [0.2, 0.25) is 0 Å². The molecule has 4 aliphatic carbocycles. The minimum Gasteiger partial charge on any atom is -0.394 e. The second kappa shape index (κ2) is 18.5. The molecule has 4 saturated carbocycles. The van der Waals surface area contributed by atoms with Gasteiger partial charge in [-0.1, -0.05) is 83.3 Å². The maximum absolute atomic E-state index is 13.5. The molecule has 7 atom stereocenters. The van der Waals surface area contributed by atoms with Gasteiger partial charge in [0.1, 0.15) is 24.4 Å². The minimum atomic E-state index is -1.55. The van der Waals surface area contributed by atoms with Gasteiger partial charge in [-0.2, -0.15) is 0 Å². The molecule has 45 heavy (non-hydrogen) atoms. The Morgan fingerprint density at radius 3 is 1.98 bits per heavy atom. The molecule has 2 unspecified atom stereocenters. The molecule has 0 spiro atoms. The summed E-state index contributed by atoms with van der Waals surface area (Å²) >= 11 is 0. The fourth-order valence-corrected chi connectivity index (χ4v) is 9.03. The summed E-state index contributed by atoms with van der Waals surface area (Å²) in [5, 5.41) is 54.4. The van der Waals surface area contributed by atoms with E-state index in [4.69, 9.17) is 9.47 Å². The Kier molecular flexibility index (Phi) is 15.1. The Balaban J connectivity index is 1.24. The van der Waals surface area contributed by atoms with E-state index in [0.29, 0.717) is 6.42 Å². The van der Waals surface area contributed by atoms with Crippen molar-refractivity contribution >= 4 is 5.91 Å². The highest BCUT2D eigenvalue weighted by Gasteiger charge is 2.51. The van der Waals surface area contributed by atoms with Crippen molar-refractivity contribution < 1.29 is 39.8 Å². The number of amides is 1. The third-order valence-electron chi connectivity index (χ3n) is 11.1. The van der Waals surface area contributed by atoms with Gasteiger partial charge in [-0.15, -0.1) is 0 Å². The number of nitrogens with one attached hydrogen (secondary N) is 1. The molecule has 9 heteroatoms. The summed E-state index contributed by atoms with van der Waals surface area (Å²) in [5.74, 6) is 2.10. The molecule has 0 aromatic rings. The first-order chi connectivity index (χ1) is 21.7. The third-order valence-corrected chi connectivity index (χ3v) is 11.1. The first kappa shape index (κ1) is 36.8. The smallest absolute Gasteiger partial charge is 0.220 e. The predicted molar refractivity (Wildman–Crippen MR) is 173 cm³/mol. The van der Waals surface area contributed by atoms with Crippen LogP contribution in [-0.4, -0.2) is 87.5 Å². The van der Waals surface area contributed by atoms with Crippen LogP contribution >= 0.6 is 0 Å². The normalized spacial score (nSPS) is 35.6. The molecule has 4 bridgehead atoms. The Labute approximate surface area is 271 Å². The monoisotopic (exact) mass is 637 g/mol. The van der Waals surface area contributed by atoms with Crippen molar-refractivity contribution in [3.8, 4) is 0 Å². The van der Waals surface area contributed by atoms with Crippen LogP contribution in [0.15, 0.2) is 12.2 Å². The van der Waals surface area contributed by atoms with Crippen LogP contribution in [0.1, 0.15) is 129 Å². The fourth-order valence-electron chi connectivity index (χ4n) is 9.03. The number of hydrogen-bond acceptors (Lipinski definition) is 8. The Hall–Kier alpha value is -1.07. The van der Waals surface area contributed by atoms with E-state index < -0.39 is 49.5 Å². The molecular weight excluding hydrogens is 574 g/mol. The summed E-state index contributed by atoms with van der Waals surface area (Å²) in [5.41, 5.74) is 0.0529. The third kappa shape index (κ3) is 11.0. The minimum absolute atomic E-state index is 0.0529. The molecule has 1 saturated heterocycles. The molecule has 0 aromatic carbocycles. The van der Waals surface area contributed by atoms with E-state index in [2.05, 4.69) is 12.2 Å². The van der Waals surface area contributed by atoms with E-state index in [1.165, 1.54) is 77.0 Å². The van der Waals surface area contributed by atoms with Crippen LogP contribution in [0, 0.1) is 23.2 Å². The molecule has 9 nitrogen and oxygen atoms in total. The lowest BCUT2D eigenvalue weighted by atomic mass is 9.49. The number of rotatable bonds is 21. The lowest BCUT2D eigenvalue weighted by Crippen LogP contribution is -2.60. The highest BCUT2D eigenvalue weighted by atomic mass is 16.7. The molecule has 1 aliphatic heterocycles. The van der Waals surface area contributed by atoms with Crippen LogP contribution < -0.4 is 5.32 Å². The van der Waals surface area contributed by atoms with Crippen LogP contribution in [0.3, 0.4) is 0 Å². The predicted octanol–water partition coefficient (Wildman–Crippen LogP) is 4.51. The summed E-state index contributed by atoms with van der Waals surface area (Å²) < 4.78 is 11.3. The summed E-state index contributed by atoms with van der Waals surface area (Å²) in [4.78, 5) is 13.5.